The van der Waals surface area contributed by atoms with Gasteiger partial charge in [0.2, 0.25) is 11.8 Å². The van der Waals surface area contributed by atoms with Crippen LogP contribution >= 0.6 is 0 Å². The first-order valence-corrected chi connectivity index (χ1v) is 13.1. The maximum Gasteiger partial charge on any atom is 0.270 e. The second-order valence-corrected chi connectivity index (χ2v) is 10.6. The molecule has 3 aromatic carbocycles. The number of carbonyl (C=O) groups excluding carboxylic acids is 3. The van der Waals surface area contributed by atoms with Gasteiger partial charge in [0.1, 0.15) is 29.4 Å². The summed E-state index contributed by atoms with van der Waals surface area (Å²) in [6.07, 6.45) is 0.260. The number of nitriles is 1. The van der Waals surface area contributed by atoms with E-state index in [2.05, 4.69) is 16.4 Å². The highest BCUT2D eigenvalue weighted by atomic mass is 19.1. The van der Waals surface area contributed by atoms with E-state index in [0.717, 1.165) is 23.3 Å². The second-order valence-electron chi connectivity index (χ2n) is 10.6. The number of nitrogens with zero attached hydrogens (tertiary/aromatic N) is 3. The molecule has 1 fully saturated rings. The number of amides is 3. The van der Waals surface area contributed by atoms with E-state index in [4.69, 9.17) is 0 Å². The summed E-state index contributed by atoms with van der Waals surface area (Å²) in [6, 6.07) is 19.7. The Morgan fingerprint density at radius 2 is 1.85 bits per heavy atom. The Labute approximate surface area is 234 Å². The number of likely N-dealkylation sites (tertiary alicyclic amines) is 1. The largest absolute Gasteiger partial charge is 0.350 e. The number of fused-ring (bicyclic) bond motifs is 3. The summed E-state index contributed by atoms with van der Waals surface area (Å²) in [5.74, 6) is -2.97. The van der Waals surface area contributed by atoms with E-state index in [9.17, 15) is 28.4 Å². The van der Waals surface area contributed by atoms with Crippen LogP contribution in [-0.2, 0) is 21.4 Å². The molecule has 1 spiro atoms. The number of likely N-dealkylation sites (N-methyl/N-ethyl adjacent to an activating group) is 1. The van der Waals surface area contributed by atoms with Crippen molar-refractivity contribution in [3.63, 3.8) is 0 Å². The molecule has 3 heterocycles. The minimum absolute atomic E-state index is 0.0168. The van der Waals surface area contributed by atoms with Crippen molar-refractivity contribution in [1.82, 2.24) is 14.8 Å². The Bertz CT molecular complexity index is 1750. The van der Waals surface area contributed by atoms with Gasteiger partial charge in [0.05, 0.1) is 17.0 Å². The Morgan fingerprint density at radius 3 is 2.61 bits per heavy atom. The van der Waals surface area contributed by atoms with Gasteiger partial charge < -0.3 is 20.1 Å². The van der Waals surface area contributed by atoms with Crippen LogP contribution in [0.2, 0.25) is 0 Å². The maximum absolute atomic E-state index is 14.4. The fourth-order valence-corrected chi connectivity index (χ4v) is 6.01. The number of aromatic amines is 1. The number of H-pyrrole nitrogens is 1. The minimum Gasteiger partial charge on any atom is -0.350 e. The Morgan fingerprint density at radius 1 is 1.12 bits per heavy atom. The van der Waals surface area contributed by atoms with Gasteiger partial charge in [0.25, 0.3) is 5.91 Å². The zero-order valence-electron chi connectivity index (χ0n) is 22.0. The number of carbonyl (C=O) groups is 3. The number of para-hydroxylation sites is 1. The number of nitrogens with one attached hydrogen (secondary N) is 2. The fraction of sp³-hybridized carbons (Fsp3) is 0.226. The Kier molecular flexibility index (Phi) is 6.30. The normalized spacial score (nSPS) is 20.1. The highest BCUT2D eigenvalue weighted by Crippen LogP contribution is 2.46. The summed E-state index contributed by atoms with van der Waals surface area (Å²) >= 11 is 0. The molecule has 10 heteroatoms. The third-order valence-corrected chi connectivity index (χ3v) is 8.14. The van der Waals surface area contributed by atoms with Gasteiger partial charge in [-0.3, -0.25) is 14.4 Å². The number of benzene rings is 3. The van der Waals surface area contributed by atoms with Crippen LogP contribution < -0.4 is 5.32 Å². The number of anilines is 1. The van der Waals surface area contributed by atoms with Crippen LogP contribution in [-0.4, -0.2) is 58.2 Å². The van der Waals surface area contributed by atoms with Gasteiger partial charge in [0.15, 0.2) is 0 Å². The monoisotopic (exact) mass is 553 g/mol. The van der Waals surface area contributed by atoms with Gasteiger partial charge in [-0.15, -0.1) is 0 Å². The molecule has 206 valence electrons. The quantitative estimate of drug-likeness (QED) is 0.387. The van der Waals surface area contributed by atoms with Crippen molar-refractivity contribution in [3.05, 3.63) is 101 Å². The van der Waals surface area contributed by atoms with Gasteiger partial charge in [-0.1, -0.05) is 48.5 Å². The van der Waals surface area contributed by atoms with Crippen molar-refractivity contribution in [2.24, 2.45) is 0 Å². The summed E-state index contributed by atoms with van der Waals surface area (Å²) in [6.45, 7) is -0.0168. The molecule has 41 heavy (non-hydrogen) atoms. The highest BCUT2D eigenvalue weighted by molar-refractivity contribution is 6.07. The van der Waals surface area contributed by atoms with Crippen molar-refractivity contribution >= 4 is 34.3 Å². The lowest BCUT2D eigenvalue weighted by atomic mass is 9.80. The molecule has 4 aromatic rings. The molecule has 2 aliphatic heterocycles. The predicted molar refractivity (Wildman–Crippen MR) is 147 cm³/mol. The molecule has 8 nitrogen and oxygen atoms in total. The van der Waals surface area contributed by atoms with E-state index in [1.807, 2.05) is 42.5 Å². The van der Waals surface area contributed by atoms with Gasteiger partial charge >= 0.3 is 0 Å². The Balaban J connectivity index is 1.36. The number of halogens is 2. The first-order chi connectivity index (χ1) is 19.7. The van der Waals surface area contributed by atoms with Crippen LogP contribution in [0.15, 0.2) is 72.8 Å². The molecule has 0 bridgehead atoms. The van der Waals surface area contributed by atoms with Crippen LogP contribution in [0.3, 0.4) is 0 Å². The van der Waals surface area contributed by atoms with Crippen LogP contribution in [0.4, 0.5) is 14.5 Å². The van der Waals surface area contributed by atoms with E-state index < -0.39 is 40.9 Å². The van der Waals surface area contributed by atoms with E-state index >= 15 is 0 Å². The molecule has 1 saturated heterocycles. The molecule has 2 N–H and O–H groups in total. The lowest BCUT2D eigenvalue weighted by Gasteiger charge is -2.32. The number of hydrogen-bond acceptors (Lipinski definition) is 4. The second kappa shape index (κ2) is 9.86. The summed E-state index contributed by atoms with van der Waals surface area (Å²) in [7, 11) is 1.46. The van der Waals surface area contributed by atoms with Crippen LogP contribution in [0, 0.1) is 23.0 Å². The summed E-state index contributed by atoms with van der Waals surface area (Å²) in [5, 5.41) is 13.0. The number of aromatic nitrogens is 1. The first-order valence-electron chi connectivity index (χ1n) is 13.1. The van der Waals surface area contributed by atoms with Crippen molar-refractivity contribution in [3.8, 4) is 6.07 Å². The predicted octanol–water partition coefficient (Wildman–Crippen LogP) is 4.14. The molecule has 0 unspecified atom stereocenters. The summed E-state index contributed by atoms with van der Waals surface area (Å²) in [4.78, 5) is 46.5. The molecular weight excluding hydrogens is 528 g/mol. The summed E-state index contributed by atoms with van der Waals surface area (Å²) in [5.41, 5.74) is 1.18. The van der Waals surface area contributed by atoms with E-state index in [1.165, 1.54) is 22.9 Å². The summed E-state index contributed by atoms with van der Waals surface area (Å²) < 4.78 is 28.1. The molecule has 6 rings (SSSR count). The lowest BCUT2D eigenvalue weighted by molar-refractivity contribution is -0.136. The zero-order chi connectivity index (χ0) is 28.9. The average molecular weight is 554 g/mol. The van der Waals surface area contributed by atoms with Crippen molar-refractivity contribution in [2.75, 3.05) is 18.9 Å². The molecule has 3 amide bonds. The number of hydrogen-bond donors (Lipinski definition) is 2. The minimum atomic E-state index is -1.08. The maximum atomic E-state index is 14.4. The van der Waals surface area contributed by atoms with Gasteiger partial charge in [-0.25, -0.2) is 8.78 Å². The first kappa shape index (κ1) is 26.2. The van der Waals surface area contributed by atoms with E-state index in [0.29, 0.717) is 5.69 Å². The van der Waals surface area contributed by atoms with Crippen LogP contribution in [0.25, 0.3) is 10.9 Å². The molecular formula is C31H25F2N5O3. The zero-order valence-corrected chi connectivity index (χ0v) is 22.0. The van der Waals surface area contributed by atoms with Gasteiger partial charge in [0, 0.05) is 43.6 Å². The third-order valence-electron chi connectivity index (χ3n) is 8.14. The van der Waals surface area contributed by atoms with Gasteiger partial charge in [-0.2, -0.15) is 5.26 Å². The van der Waals surface area contributed by atoms with Crippen molar-refractivity contribution < 1.29 is 23.2 Å². The fourth-order valence-electron chi connectivity index (χ4n) is 6.01. The molecule has 3 atom stereocenters. The SMILES string of the molecule is CN(C(=O)c1cc2c(F)cc(F)cc2[nH]1)[C@@H](Cc1ccccc1)C(=O)N1C[C@]2(C[C@H]1C#N)C(=O)Nc1ccccc12. The lowest BCUT2D eigenvalue weighted by Crippen LogP contribution is -2.52. The molecule has 0 aliphatic carbocycles. The van der Waals surface area contributed by atoms with E-state index in [1.54, 1.807) is 12.1 Å². The topological polar surface area (TPSA) is 109 Å². The van der Waals surface area contributed by atoms with E-state index in [-0.39, 0.29) is 41.9 Å². The smallest absolute Gasteiger partial charge is 0.270 e. The Hall–Kier alpha value is -5.04. The van der Waals surface area contributed by atoms with Gasteiger partial charge in [-0.05, 0) is 29.3 Å². The molecule has 0 saturated carbocycles. The number of rotatable bonds is 5. The molecule has 0 radical (unpaired) electrons. The highest BCUT2D eigenvalue weighted by Gasteiger charge is 2.56. The third kappa shape index (κ3) is 4.30. The van der Waals surface area contributed by atoms with Crippen molar-refractivity contribution in [1.29, 1.82) is 5.26 Å². The molecule has 1 aromatic heterocycles. The van der Waals surface area contributed by atoms with Crippen LogP contribution in [0.1, 0.15) is 28.0 Å². The molecule has 2 aliphatic rings. The van der Waals surface area contributed by atoms with Crippen LogP contribution in [0.5, 0.6) is 0 Å². The standard InChI is InChI=1S/C31H25F2N5O3/c1-37(28(39)26-14-21-23(33)12-19(32)13-25(21)35-26)27(11-18-7-3-2-4-8-18)29(40)38-17-31(15-20(38)16-34)22-9-5-6-10-24(22)36-30(31)41/h2-10,12-14,20,27,35H,11,15,17H2,1H3,(H,36,41)/t20-,27-,31-/m0/s1. The average Bonchev–Trinajstić information content (AvgIpc) is 3.65. The van der Waals surface area contributed by atoms with Crippen molar-refractivity contribution in [2.45, 2.75) is 30.3 Å².